The third-order valence-electron chi connectivity index (χ3n) is 2.00. The van der Waals surface area contributed by atoms with E-state index in [9.17, 15) is 9.59 Å². The maximum Gasteiger partial charge on any atom is 0.309 e. The van der Waals surface area contributed by atoms with Gasteiger partial charge >= 0.3 is 11.9 Å². The van der Waals surface area contributed by atoms with Crippen molar-refractivity contribution in [3.8, 4) is 0 Å². The first kappa shape index (κ1) is 9.03. The molecule has 0 unspecified atom stereocenters. The smallest absolute Gasteiger partial charge is 0.309 e. The van der Waals surface area contributed by atoms with Gasteiger partial charge in [-0.3, -0.25) is 9.59 Å². The van der Waals surface area contributed by atoms with Crippen LogP contribution in [0, 0.1) is 5.92 Å². The van der Waals surface area contributed by atoms with Crippen molar-refractivity contribution in [3.05, 3.63) is 0 Å². The van der Waals surface area contributed by atoms with Gasteiger partial charge in [0.25, 0.3) is 0 Å². The Labute approximate surface area is 70.8 Å². The highest BCUT2D eigenvalue weighted by atomic mass is 16.6. The van der Waals surface area contributed by atoms with Crippen LogP contribution >= 0.6 is 0 Å². The highest BCUT2D eigenvalue weighted by molar-refractivity contribution is 5.75. The summed E-state index contributed by atoms with van der Waals surface area (Å²) >= 11 is 0. The third kappa shape index (κ3) is 1.96. The Kier molecular flexibility index (Phi) is 2.68. The van der Waals surface area contributed by atoms with Gasteiger partial charge in [0, 0.05) is 5.92 Å². The SMILES string of the molecule is COC(=O)C[C@@H]1OC(=O)C[C@@H]1C. The Morgan fingerprint density at radius 1 is 1.75 bits per heavy atom. The largest absolute Gasteiger partial charge is 0.469 e. The first-order chi connectivity index (χ1) is 5.63. The molecule has 1 heterocycles. The molecule has 1 aliphatic heterocycles. The average molecular weight is 172 g/mol. The minimum atomic E-state index is -0.332. The van der Waals surface area contributed by atoms with Gasteiger partial charge in [0.05, 0.1) is 20.0 Å². The van der Waals surface area contributed by atoms with Crippen molar-refractivity contribution in [2.45, 2.75) is 25.9 Å². The topological polar surface area (TPSA) is 52.6 Å². The molecule has 4 nitrogen and oxygen atoms in total. The predicted molar refractivity (Wildman–Crippen MR) is 40.3 cm³/mol. The van der Waals surface area contributed by atoms with E-state index in [2.05, 4.69) is 4.74 Å². The number of esters is 2. The molecule has 0 radical (unpaired) electrons. The molecule has 1 rings (SSSR count). The molecule has 1 fully saturated rings. The van der Waals surface area contributed by atoms with E-state index in [-0.39, 0.29) is 30.4 Å². The maximum absolute atomic E-state index is 10.8. The van der Waals surface area contributed by atoms with Crippen LogP contribution in [0.25, 0.3) is 0 Å². The second-order valence-electron chi connectivity index (χ2n) is 2.99. The molecule has 0 aromatic rings. The molecule has 12 heavy (non-hydrogen) atoms. The molecule has 68 valence electrons. The summed E-state index contributed by atoms with van der Waals surface area (Å²) in [6.07, 6.45) is 0.287. The van der Waals surface area contributed by atoms with Gasteiger partial charge in [0.15, 0.2) is 0 Å². The first-order valence-electron chi connectivity index (χ1n) is 3.89. The van der Waals surface area contributed by atoms with Crippen molar-refractivity contribution in [3.63, 3.8) is 0 Å². The lowest BCUT2D eigenvalue weighted by molar-refractivity contribution is -0.148. The van der Waals surface area contributed by atoms with Crippen molar-refractivity contribution in [1.82, 2.24) is 0 Å². The minimum absolute atomic E-state index is 0.122. The molecule has 2 atom stereocenters. The molecule has 0 aromatic carbocycles. The highest BCUT2D eigenvalue weighted by Crippen LogP contribution is 2.23. The standard InChI is InChI=1S/C8H12O4/c1-5-3-8(10)12-6(5)4-7(9)11-2/h5-6H,3-4H2,1-2H3/t5-,6-/m0/s1. The summed E-state index contributed by atoms with van der Waals surface area (Å²) in [4.78, 5) is 21.6. The lowest BCUT2D eigenvalue weighted by atomic mass is 10.0. The van der Waals surface area contributed by atoms with E-state index in [4.69, 9.17) is 4.74 Å². The fraction of sp³-hybridized carbons (Fsp3) is 0.750. The zero-order valence-electron chi connectivity index (χ0n) is 7.20. The highest BCUT2D eigenvalue weighted by Gasteiger charge is 2.32. The number of methoxy groups -OCH3 is 1. The van der Waals surface area contributed by atoms with Crippen LogP contribution < -0.4 is 0 Å². The van der Waals surface area contributed by atoms with Gasteiger partial charge in [-0.25, -0.2) is 0 Å². The molecule has 0 aliphatic carbocycles. The molecular formula is C8H12O4. The molecule has 1 aliphatic rings. The van der Waals surface area contributed by atoms with Gasteiger partial charge in [0.1, 0.15) is 6.10 Å². The predicted octanol–water partition coefficient (Wildman–Crippen LogP) is 0.501. The molecule has 0 bridgehead atoms. The summed E-state index contributed by atoms with van der Waals surface area (Å²) in [5.41, 5.74) is 0. The van der Waals surface area contributed by atoms with Crippen LogP contribution in [-0.2, 0) is 19.1 Å². The summed E-state index contributed by atoms with van der Waals surface area (Å²) in [5.74, 6) is -0.436. The summed E-state index contributed by atoms with van der Waals surface area (Å²) < 4.78 is 9.37. The Bertz CT molecular complexity index is 199. The second kappa shape index (κ2) is 3.56. The summed E-state index contributed by atoms with van der Waals surface area (Å²) in [7, 11) is 1.32. The van der Waals surface area contributed by atoms with E-state index in [1.807, 2.05) is 6.92 Å². The summed E-state index contributed by atoms with van der Waals surface area (Å²) in [6.45, 7) is 1.89. The Hall–Kier alpha value is -1.06. The van der Waals surface area contributed by atoms with E-state index in [1.54, 1.807) is 0 Å². The molecule has 0 aromatic heterocycles. The fourth-order valence-electron chi connectivity index (χ4n) is 1.22. The van der Waals surface area contributed by atoms with E-state index in [0.29, 0.717) is 6.42 Å². The molecule has 0 amide bonds. The molecule has 0 saturated carbocycles. The molecule has 0 spiro atoms. The molecule has 1 saturated heterocycles. The Morgan fingerprint density at radius 3 is 2.83 bits per heavy atom. The zero-order valence-corrected chi connectivity index (χ0v) is 7.20. The number of hydrogen-bond donors (Lipinski definition) is 0. The van der Waals surface area contributed by atoms with Crippen molar-refractivity contribution >= 4 is 11.9 Å². The van der Waals surface area contributed by atoms with E-state index < -0.39 is 0 Å². The number of hydrogen-bond acceptors (Lipinski definition) is 4. The summed E-state index contributed by atoms with van der Waals surface area (Å²) in [5, 5.41) is 0. The number of cyclic esters (lactones) is 1. The van der Waals surface area contributed by atoms with Crippen LogP contribution in [0.4, 0.5) is 0 Å². The molecular weight excluding hydrogens is 160 g/mol. The number of rotatable bonds is 2. The van der Waals surface area contributed by atoms with E-state index >= 15 is 0 Å². The number of carbonyl (C=O) groups excluding carboxylic acids is 2. The van der Waals surface area contributed by atoms with Gasteiger partial charge in [-0.05, 0) is 0 Å². The minimum Gasteiger partial charge on any atom is -0.469 e. The van der Waals surface area contributed by atoms with Crippen molar-refractivity contribution in [2.75, 3.05) is 7.11 Å². The van der Waals surface area contributed by atoms with Gasteiger partial charge in [-0.15, -0.1) is 0 Å². The van der Waals surface area contributed by atoms with E-state index in [0.717, 1.165) is 0 Å². The van der Waals surface area contributed by atoms with Crippen molar-refractivity contribution in [1.29, 1.82) is 0 Å². The Balaban J connectivity index is 2.42. The van der Waals surface area contributed by atoms with Gasteiger partial charge in [-0.2, -0.15) is 0 Å². The van der Waals surface area contributed by atoms with Crippen molar-refractivity contribution in [2.24, 2.45) is 5.92 Å². The van der Waals surface area contributed by atoms with Crippen LogP contribution in [-0.4, -0.2) is 25.2 Å². The lowest BCUT2D eigenvalue weighted by Crippen LogP contribution is -2.19. The zero-order chi connectivity index (χ0) is 9.14. The van der Waals surface area contributed by atoms with Gasteiger partial charge < -0.3 is 9.47 Å². The van der Waals surface area contributed by atoms with Crippen LogP contribution in [0.15, 0.2) is 0 Å². The van der Waals surface area contributed by atoms with Gasteiger partial charge in [-0.1, -0.05) is 6.92 Å². The number of carbonyl (C=O) groups is 2. The average Bonchev–Trinajstić information content (AvgIpc) is 2.30. The monoisotopic (exact) mass is 172 g/mol. The van der Waals surface area contributed by atoms with Crippen LogP contribution in [0.5, 0.6) is 0 Å². The lowest BCUT2D eigenvalue weighted by Gasteiger charge is -2.11. The molecule has 4 heteroatoms. The maximum atomic E-state index is 10.8. The summed E-state index contributed by atoms with van der Waals surface area (Å²) in [6, 6.07) is 0. The van der Waals surface area contributed by atoms with Crippen LogP contribution in [0.1, 0.15) is 19.8 Å². The quantitative estimate of drug-likeness (QED) is 0.569. The Morgan fingerprint density at radius 2 is 2.42 bits per heavy atom. The molecule has 0 N–H and O–H groups in total. The van der Waals surface area contributed by atoms with Gasteiger partial charge in [0.2, 0.25) is 0 Å². The first-order valence-corrected chi connectivity index (χ1v) is 3.89. The number of ether oxygens (including phenoxy) is 2. The normalized spacial score (nSPS) is 28.3. The second-order valence-corrected chi connectivity index (χ2v) is 2.99. The van der Waals surface area contributed by atoms with Crippen LogP contribution in [0.2, 0.25) is 0 Å². The van der Waals surface area contributed by atoms with E-state index in [1.165, 1.54) is 7.11 Å². The third-order valence-corrected chi connectivity index (χ3v) is 2.00. The fourth-order valence-corrected chi connectivity index (χ4v) is 1.22. The van der Waals surface area contributed by atoms with Crippen molar-refractivity contribution < 1.29 is 19.1 Å². The van der Waals surface area contributed by atoms with Crippen LogP contribution in [0.3, 0.4) is 0 Å².